The third kappa shape index (κ3) is 4.54. The number of aromatic hydroxyl groups is 1. The Balaban J connectivity index is 1.64. The molecular weight excluding hydrogens is 240 g/mol. The van der Waals surface area contributed by atoms with Crippen molar-refractivity contribution in [1.29, 1.82) is 0 Å². The number of rotatable bonds is 6. The maximum atomic E-state index is 9.14. The van der Waals surface area contributed by atoms with E-state index in [9.17, 15) is 0 Å². The molecule has 0 aliphatic heterocycles. The highest BCUT2D eigenvalue weighted by Crippen LogP contribution is 2.16. The lowest BCUT2D eigenvalue weighted by Gasteiger charge is -2.08. The molecule has 0 atom stereocenters. The molecule has 0 amide bonds. The number of phenolic OH excluding ortho intramolecular Hbond substituents is 1. The molecule has 2 aromatic rings. The van der Waals surface area contributed by atoms with E-state index in [1.165, 1.54) is 5.56 Å². The Morgan fingerprint density at radius 2 is 1.26 bits per heavy atom. The molecule has 0 spiro atoms. The van der Waals surface area contributed by atoms with Crippen LogP contribution in [0.1, 0.15) is 12.0 Å². The summed E-state index contributed by atoms with van der Waals surface area (Å²) < 4.78 is 11.1. The van der Waals surface area contributed by atoms with Gasteiger partial charge in [0.25, 0.3) is 0 Å². The van der Waals surface area contributed by atoms with Gasteiger partial charge in [-0.15, -0.1) is 0 Å². The molecule has 0 saturated heterocycles. The molecule has 3 heteroatoms. The Morgan fingerprint density at radius 1 is 0.789 bits per heavy atom. The Morgan fingerprint density at radius 3 is 1.79 bits per heavy atom. The molecule has 19 heavy (non-hydrogen) atoms. The zero-order valence-electron chi connectivity index (χ0n) is 11.0. The summed E-state index contributed by atoms with van der Waals surface area (Å²) in [6.07, 6.45) is 0.814. The van der Waals surface area contributed by atoms with Crippen molar-refractivity contribution < 1.29 is 14.6 Å². The second kappa shape index (κ2) is 6.69. The summed E-state index contributed by atoms with van der Waals surface area (Å²) in [5.74, 6) is 1.89. The van der Waals surface area contributed by atoms with Crippen LogP contribution in [0.25, 0.3) is 0 Å². The summed E-state index contributed by atoms with van der Waals surface area (Å²) in [6, 6.07) is 14.7. The average Bonchev–Trinajstić information content (AvgIpc) is 2.43. The van der Waals surface area contributed by atoms with Crippen molar-refractivity contribution in [2.75, 3.05) is 13.2 Å². The van der Waals surface area contributed by atoms with Crippen molar-refractivity contribution >= 4 is 0 Å². The van der Waals surface area contributed by atoms with Gasteiger partial charge in [0.2, 0.25) is 0 Å². The van der Waals surface area contributed by atoms with Crippen molar-refractivity contribution in [3.05, 3.63) is 54.1 Å². The fourth-order valence-corrected chi connectivity index (χ4v) is 1.62. The van der Waals surface area contributed by atoms with Gasteiger partial charge in [0.05, 0.1) is 13.2 Å². The van der Waals surface area contributed by atoms with E-state index in [0.29, 0.717) is 13.2 Å². The number of ether oxygens (including phenoxy) is 2. The standard InChI is InChI=1S/C16H18O3/c1-13-3-7-15(8-4-13)18-11-2-12-19-16-9-5-14(17)6-10-16/h3-10,17H,2,11-12H2,1H3. The van der Waals surface area contributed by atoms with Crippen LogP contribution in [0.15, 0.2) is 48.5 Å². The Hall–Kier alpha value is -2.16. The van der Waals surface area contributed by atoms with Crippen LogP contribution >= 0.6 is 0 Å². The van der Waals surface area contributed by atoms with Gasteiger partial charge in [0.1, 0.15) is 17.2 Å². The fraction of sp³-hybridized carbons (Fsp3) is 0.250. The molecule has 2 aromatic carbocycles. The maximum absolute atomic E-state index is 9.14. The van der Waals surface area contributed by atoms with Gasteiger partial charge in [-0.1, -0.05) is 17.7 Å². The molecule has 0 aliphatic carbocycles. The summed E-state index contributed by atoms with van der Waals surface area (Å²) in [5.41, 5.74) is 1.23. The van der Waals surface area contributed by atoms with E-state index in [4.69, 9.17) is 14.6 Å². The third-order valence-corrected chi connectivity index (χ3v) is 2.68. The molecule has 1 N–H and O–H groups in total. The predicted octanol–water partition coefficient (Wildman–Crippen LogP) is 3.55. The van der Waals surface area contributed by atoms with Crippen molar-refractivity contribution in [2.24, 2.45) is 0 Å². The highest BCUT2D eigenvalue weighted by atomic mass is 16.5. The summed E-state index contributed by atoms with van der Waals surface area (Å²) in [5, 5.41) is 9.14. The molecule has 0 radical (unpaired) electrons. The van der Waals surface area contributed by atoms with E-state index in [-0.39, 0.29) is 5.75 Å². The van der Waals surface area contributed by atoms with Crippen molar-refractivity contribution in [3.63, 3.8) is 0 Å². The third-order valence-electron chi connectivity index (χ3n) is 2.68. The van der Waals surface area contributed by atoms with E-state index in [1.54, 1.807) is 24.3 Å². The number of aryl methyl sites for hydroxylation is 1. The molecular formula is C16H18O3. The van der Waals surface area contributed by atoms with Crippen LogP contribution < -0.4 is 9.47 Å². The summed E-state index contributed by atoms with van der Waals surface area (Å²) in [6.45, 7) is 3.27. The molecule has 100 valence electrons. The van der Waals surface area contributed by atoms with Gasteiger partial charge in [-0.05, 0) is 43.3 Å². The van der Waals surface area contributed by atoms with E-state index in [2.05, 4.69) is 6.92 Å². The number of hydrogen-bond donors (Lipinski definition) is 1. The van der Waals surface area contributed by atoms with Gasteiger partial charge >= 0.3 is 0 Å². The van der Waals surface area contributed by atoms with E-state index >= 15 is 0 Å². The number of phenols is 1. The van der Waals surface area contributed by atoms with Crippen LogP contribution in [0.5, 0.6) is 17.2 Å². The lowest BCUT2D eigenvalue weighted by atomic mass is 10.2. The van der Waals surface area contributed by atoms with E-state index < -0.39 is 0 Å². The first-order valence-corrected chi connectivity index (χ1v) is 6.35. The summed E-state index contributed by atoms with van der Waals surface area (Å²) in [7, 11) is 0. The van der Waals surface area contributed by atoms with Gasteiger partial charge in [-0.25, -0.2) is 0 Å². The van der Waals surface area contributed by atoms with E-state index in [1.807, 2.05) is 24.3 Å². The molecule has 0 bridgehead atoms. The summed E-state index contributed by atoms with van der Waals surface area (Å²) >= 11 is 0. The average molecular weight is 258 g/mol. The molecule has 0 heterocycles. The predicted molar refractivity (Wildman–Crippen MR) is 74.9 cm³/mol. The largest absolute Gasteiger partial charge is 0.508 e. The lowest BCUT2D eigenvalue weighted by molar-refractivity contribution is 0.247. The monoisotopic (exact) mass is 258 g/mol. The smallest absolute Gasteiger partial charge is 0.119 e. The Kier molecular flexibility index (Phi) is 4.67. The first kappa shape index (κ1) is 13.3. The van der Waals surface area contributed by atoms with Gasteiger partial charge in [-0.2, -0.15) is 0 Å². The van der Waals surface area contributed by atoms with Crippen LogP contribution in [0.2, 0.25) is 0 Å². The second-order valence-electron chi connectivity index (χ2n) is 4.36. The Bertz CT molecular complexity index is 441. The molecule has 0 unspecified atom stereocenters. The topological polar surface area (TPSA) is 38.7 Å². The molecule has 0 aromatic heterocycles. The molecule has 2 rings (SSSR count). The lowest BCUT2D eigenvalue weighted by Crippen LogP contribution is -2.04. The zero-order chi connectivity index (χ0) is 13.5. The minimum absolute atomic E-state index is 0.245. The fourth-order valence-electron chi connectivity index (χ4n) is 1.62. The minimum Gasteiger partial charge on any atom is -0.508 e. The van der Waals surface area contributed by atoms with Crippen LogP contribution in [-0.2, 0) is 0 Å². The first-order valence-electron chi connectivity index (χ1n) is 6.35. The van der Waals surface area contributed by atoms with Crippen molar-refractivity contribution in [3.8, 4) is 17.2 Å². The highest BCUT2D eigenvalue weighted by molar-refractivity contribution is 5.30. The normalized spacial score (nSPS) is 10.2. The molecule has 0 fully saturated rings. The van der Waals surface area contributed by atoms with Gasteiger partial charge in [0.15, 0.2) is 0 Å². The maximum Gasteiger partial charge on any atom is 0.119 e. The Labute approximate surface area is 113 Å². The molecule has 0 aliphatic rings. The molecule has 0 saturated carbocycles. The summed E-state index contributed by atoms with van der Waals surface area (Å²) in [4.78, 5) is 0. The van der Waals surface area contributed by atoms with Crippen LogP contribution in [0, 0.1) is 6.92 Å². The second-order valence-corrected chi connectivity index (χ2v) is 4.36. The van der Waals surface area contributed by atoms with Crippen LogP contribution in [0.4, 0.5) is 0 Å². The number of hydrogen-bond acceptors (Lipinski definition) is 3. The first-order chi connectivity index (χ1) is 9.24. The van der Waals surface area contributed by atoms with Gasteiger partial charge in [0, 0.05) is 6.42 Å². The van der Waals surface area contributed by atoms with E-state index in [0.717, 1.165) is 17.9 Å². The van der Waals surface area contributed by atoms with Crippen molar-refractivity contribution in [1.82, 2.24) is 0 Å². The number of benzene rings is 2. The van der Waals surface area contributed by atoms with Gasteiger partial charge in [-0.3, -0.25) is 0 Å². The van der Waals surface area contributed by atoms with Crippen molar-refractivity contribution in [2.45, 2.75) is 13.3 Å². The van der Waals surface area contributed by atoms with Crippen LogP contribution in [-0.4, -0.2) is 18.3 Å². The quantitative estimate of drug-likeness (QED) is 0.805. The highest BCUT2D eigenvalue weighted by Gasteiger charge is 1.96. The molecule has 3 nitrogen and oxygen atoms in total. The minimum atomic E-state index is 0.245. The van der Waals surface area contributed by atoms with Gasteiger partial charge < -0.3 is 14.6 Å². The SMILES string of the molecule is Cc1ccc(OCCCOc2ccc(O)cc2)cc1. The zero-order valence-corrected chi connectivity index (χ0v) is 11.0. The van der Waals surface area contributed by atoms with Crippen LogP contribution in [0.3, 0.4) is 0 Å².